The van der Waals surface area contributed by atoms with Crippen molar-refractivity contribution in [2.45, 2.75) is 64.7 Å². The van der Waals surface area contributed by atoms with E-state index < -0.39 is 6.09 Å². The molecule has 21 heavy (non-hydrogen) atoms. The number of unbranched alkanes of at least 4 members (excludes halogenated alkanes) is 7. The summed E-state index contributed by atoms with van der Waals surface area (Å²) in [7, 11) is 1.37. The minimum absolute atomic E-state index is 0.417. The van der Waals surface area contributed by atoms with Crippen molar-refractivity contribution in [2.24, 2.45) is 0 Å². The molecule has 3 nitrogen and oxygen atoms in total. The van der Waals surface area contributed by atoms with E-state index in [1.165, 1.54) is 64.0 Å². The molecule has 0 radical (unpaired) electrons. The number of anilines is 1. The molecule has 1 aromatic rings. The first kappa shape index (κ1) is 17.5. The molecule has 0 aliphatic heterocycles. The number of methoxy groups -OCH3 is 1. The Balaban J connectivity index is 2.17. The fourth-order valence-electron chi connectivity index (χ4n) is 2.44. The highest BCUT2D eigenvalue weighted by molar-refractivity contribution is 5.84. The van der Waals surface area contributed by atoms with Crippen LogP contribution in [0.3, 0.4) is 0 Å². The van der Waals surface area contributed by atoms with Gasteiger partial charge in [0.25, 0.3) is 0 Å². The van der Waals surface area contributed by atoms with Gasteiger partial charge in [-0.2, -0.15) is 0 Å². The number of amides is 1. The van der Waals surface area contributed by atoms with Crippen LogP contribution in [-0.4, -0.2) is 13.2 Å². The molecule has 1 aromatic carbocycles. The van der Waals surface area contributed by atoms with Gasteiger partial charge in [-0.3, -0.25) is 5.32 Å². The molecule has 1 rings (SSSR count). The summed E-state index contributed by atoms with van der Waals surface area (Å²) >= 11 is 0. The molecular weight excluding hydrogens is 262 g/mol. The molecule has 1 amide bonds. The van der Waals surface area contributed by atoms with Crippen LogP contribution in [0.25, 0.3) is 0 Å². The van der Waals surface area contributed by atoms with Gasteiger partial charge in [0.15, 0.2) is 0 Å². The average molecular weight is 291 g/mol. The van der Waals surface area contributed by atoms with E-state index in [0.29, 0.717) is 0 Å². The van der Waals surface area contributed by atoms with Crippen LogP contribution in [0.15, 0.2) is 24.3 Å². The normalized spacial score (nSPS) is 10.4. The predicted octanol–water partition coefficient (Wildman–Crippen LogP) is 5.55. The van der Waals surface area contributed by atoms with Crippen molar-refractivity contribution in [3.63, 3.8) is 0 Å². The Bertz CT molecular complexity index is 404. The number of hydrogen-bond acceptors (Lipinski definition) is 2. The number of nitrogens with one attached hydrogen (secondary N) is 1. The summed E-state index contributed by atoms with van der Waals surface area (Å²) in [6.07, 6.45) is 11.3. The Labute approximate surface area is 129 Å². The molecule has 0 saturated carbocycles. The highest BCUT2D eigenvalue weighted by Crippen LogP contribution is 2.15. The molecule has 0 aliphatic carbocycles. The highest BCUT2D eigenvalue weighted by Gasteiger charge is 2.01. The van der Waals surface area contributed by atoms with Gasteiger partial charge < -0.3 is 4.74 Å². The maximum Gasteiger partial charge on any atom is 0.411 e. The van der Waals surface area contributed by atoms with Crippen LogP contribution < -0.4 is 5.32 Å². The molecule has 0 bridgehead atoms. The molecule has 118 valence electrons. The number of rotatable bonds is 10. The van der Waals surface area contributed by atoms with Crippen molar-refractivity contribution >= 4 is 11.8 Å². The minimum Gasteiger partial charge on any atom is -0.453 e. The van der Waals surface area contributed by atoms with Crippen molar-refractivity contribution < 1.29 is 9.53 Å². The van der Waals surface area contributed by atoms with Crippen molar-refractivity contribution in [1.82, 2.24) is 0 Å². The fraction of sp³-hybridized carbons (Fsp3) is 0.611. The van der Waals surface area contributed by atoms with Crippen LogP contribution >= 0.6 is 0 Å². The number of ether oxygens (including phenoxy) is 1. The second kappa shape index (κ2) is 11.2. The third-order valence-corrected chi connectivity index (χ3v) is 3.68. The summed E-state index contributed by atoms with van der Waals surface area (Å²) in [4.78, 5) is 11.2. The summed E-state index contributed by atoms with van der Waals surface area (Å²) in [6.45, 7) is 2.25. The van der Waals surface area contributed by atoms with Gasteiger partial charge >= 0.3 is 6.09 Å². The molecule has 1 N–H and O–H groups in total. The monoisotopic (exact) mass is 291 g/mol. The van der Waals surface area contributed by atoms with Crippen LogP contribution in [0, 0.1) is 0 Å². The van der Waals surface area contributed by atoms with Gasteiger partial charge in [-0.05, 0) is 30.5 Å². The zero-order valence-electron chi connectivity index (χ0n) is 13.5. The number of hydrogen-bond donors (Lipinski definition) is 1. The molecule has 0 fully saturated rings. The number of carbonyl (C=O) groups is 1. The first-order valence-corrected chi connectivity index (χ1v) is 8.20. The second-order valence-corrected chi connectivity index (χ2v) is 5.54. The van der Waals surface area contributed by atoms with E-state index in [-0.39, 0.29) is 0 Å². The van der Waals surface area contributed by atoms with Gasteiger partial charge in [-0.25, -0.2) is 4.79 Å². The van der Waals surface area contributed by atoms with E-state index in [2.05, 4.69) is 23.0 Å². The minimum atomic E-state index is -0.417. The lowest BCUT2D eigenvalue weighted by Gasteiger charge is -2.06. The van der Waals surface area contributed by atoms with Gasteiger partial charge in [0.2, 0.25) is 0 Å². The quantitative estimate of drug-likeness (QED) is 0.574. The lowest BCUT2D eigenvalue weighted by molar-refractivity contribution is 0.187. The summed E-state index contributed by atoms with van der Waals surface area (Å²) < 4.78 is 4.60. The number of benzene rings is 1. The third-order valence-electron chi connectivity index (χ3n) is 3.68. The van der Waals surface area contributed by atoms with Crippen molar-refractivity contribution in [3.05, 3.63) is 29.8 Å². The molecule has 0 unspecified atom stereocenters. The van der Waals surface area contributed by atoms with E-state index in [1.807, 2.05) is 18.2 Å². The Morgan fingerprint density at radius 3 is 2.38 bits per heavy atom. The molecule has 0 heterocycles. The third kappa shape index (κ3) is 8.38. The smallest absolute Gasteiger partial charge is 0.411 e. The maximum atomic E-state index is 11.2. The number of carbonyl (C=O) groups excluding carboxylic acids is 1. The van der Waals surface area contributed by atoms with Gasteiger partial charge in [-0.15, -0.1) is 0 Å². The summed E-state index contributed by atoms with van der Waals surface area (Å²) in [5.74, 6) is 0. The topological polar surface area (TPSA) is 38.3 Å². The van der Waals surface area contributed by atoms with Crippen LogP contribution in [0.4, 0.5) is 10.5 Å². The molecule has 0 spiro atoms. The van der Waals surface area contributed by atoms with Crippen LogP contribution in [0.5, 0.6) is 0 Å². The summed E-state index contributed by atoms with van der Waals surface area (Å²) in [5.41, 5.74) is 2.08. The van der Waals surface area contributed by atoms with Gasteiger partial charge in [0.1, 0.15) is 0 Å². The first-order valence-electron chi connectivity index (χ1n) is 8.20. The Kier molecular flexibility index (Phi) is 9.34. The molecular formula is C18H29NO2. The second-order valence-electron chi connectivity index (χ2n) is 5.54. The van der Waals surface area contributed by atoms with Crippen molar-refractivity contribution in [3.8, 4) is 0 Å². The van der Waals surface area contributed by atoms with Gasteiger partial charge in [0.05, 0.1) is 7.11 Å². The van der Waals surface area contributed by atoms with E-state index in [1.54, 1.807) is 0 Å². The van der Waals surface area contributed by atoms with Crippen molar-refractivity contribution in [2.75, 3.05) is 12.4 Å². The Morgan fingerprint density at radius 2 is 1.71 bits per heavy atom. The first-order chi connectivity index (χ1) is 10.3. The highest BCUT2D eigenvalue weighted by atomic mass is 16.5. The van der Waals surface area contributed by atoms with Crippen molar-refractivity contribution in [1.29, 1.82) is 0 Å². The molecule has 0 saturated heterocycles. The van der Waals surface area contributed by atoms with Gasteiger partial charge in [0, 0.05) is 5.69 Å². The average Bonchev–Trinajstić information content (AvgIpc) is 2.50. The number of aryl methyl sites for hydroxylation is 1. The molecule has 3 heteroatoms. The SMILES string of the molecule is CCCCCCCCCCc1cccc(NC(=O)OC)c1. The van der Waals surface area contributed by atoms with E-state index in [9.17, 15) is 4.79 Å². The predicted molar refractivity (Wildman–Crippen MR) is 88.8 cm³/mol. The van der Waals surface area contributed by atoms with E-state index in [4.69, 9.17) is 0 Å². The summed E-state index contributed by atoms with van der Waals surface area (Å²) in [5, 5.41) is 2.70. The largest absolute Gasteiger partial charge is 0.453 e. The fourth-order valence-corrected chi connectivity index (χ4v) is 2.44. The zero-order valence-corrected chi connectivity index (χ0v) is 13.5. The summed E-state index contributed by atoms with van der Waals surface area (Å²) in [6, 6.07) is 8.00. The van der Waals surface area contributed by atoms with E-state index >= 15 is 0 Å². The van der Waals surface area contributed by atoms with Crippen LogP contribution in [-0.2, 0) is 11.2 Å². The lowest BCUT2D eigenvalue weighted by atomic mass is 10.0. The van der Waals surface area contributed by atoms with Crippen LogP contribution in [0.2, 0.25) is 0 Å². The molecule has 0 atom stereocenters. The Morgan fingerprint density at radius 1 is 1.05 bits per heavy atom. The standard InChI is InChI=1S/C18H29NO2/c1-3-4-5-6-7-8-9-10-12-16-13-11-14-17(15-16)19-18(20)21-2/h11,13-15H,3-10,12H2,1-2H3,(H,19,20). The van der Waals surface area contributed by atoms with Crippen LogP contribution in [0.1, 0.15) is 63.9 Å². The maximum absolute atomic E-state index is 11.2. The molecule has 0 aromatic heterocycles. The zero-order chi connectivity index (χ0) is 15.3. The van der Waals surface area contributed by atoms with Gasteiger partial charge in [-0.1, -0.05) is 64.0 Å². The molecule has 0 aliphatic rings. The Hall–Kier alpha value is -1.51. The lowest BCUT2D eigenvalue weighted by Crippen LogP contribution is -2.10. The van der Waals surface area contributed by atoms with E-state index in [0.717, 1.165) is 12.1 Å².